The highest BCUT2D eigenvalue weighted by atomic mass is 19.1. The number of carbonyl (C=O) groups is 2. The van der Waals surface area contributed by atoms with Gasteiger partial charge >= 0.3 is 0 Å². The van der Waals surface area contributed by atoms with Gasteiger partial charge in [0.25, 0.3) is 0 Å². The summed E-state index contributed by atoms with van der Waals surface area (Å²) in [5.74, 6) is 2.98. The molecule has 15 nitrogen and oxygen atoms in total. The van der Waals surface area contributed by atoms with Crippen molar-refractivity contribution < 1.29 is 61.4 Å². The average Bonchev–Trinajstić information content (AvgIpc) is 3.40. The maximum atomic E-state index is 13.8. The second-order valence-corrected chi connectivity index (χ2v) is 14.9. The third-order valence-electron chi connectivity index (χ3n) is 10.7. The number of halogens is 1. The van der Waals surface area contributed by atoms with E-state index in [1.807, 2.05) is 48.6 Å². The van der Waals surface area contributed by atoms with Crippen LogP contribution < -0.4 is 63.6 Å². The molecule has 3 N–H and O–H groups in total. The molecule has 6 aromatic carbocycles. The van der Waals surface area contributed by atoms with Crippen molar-refractivity contribution in [2.75, 3.05) is 80.1 Å². The van der Waals surface area contributed by atoms with Crippen LogP contribution in [0.15, 0.2) is 122 Å². The minimum atomic E-state index is -0.437. The quantitative estimate of drug-likeness (QED) is 0.0227. The number of ketones is 2. The van der Waals surface area contributed by atoms with Gasteiger partial charge in [-0.3, -0.25) is 9.59 Å². The molecule has 0 spiro atoms. The Labute approximate surface area is 411 Å². The predicted molar refractivity (Wildman–Crippen MR) is 274 cm³/mol. The zero-order chi connectivity index (χ0) is 50.9. The third kappa shape index (κ3) is 12.4. The Morgan fingerprint density at radius 3 is 1.34 bits per heavy atom. The molecule has 0 radical (unpaired) electrons. The lowest BCUT2D eigenvalue weighted by molar-refractivity contribution is 0.103. The van der Waals surface area contributed by atoms with Gasteiger partial charge in [0.15, 0.2) is 57.6 Å². The highest BCUT2D eigenvalue weighted by molar-refractivity contribution is 6.08. The van der Waals surface area contributed by atoms with Crippen molar-refractivity contribution in [1.82, 2.24) is 0 Å². The molecule has 0 bridgehead atoms. The molecule has 0 saturated carbocycles. The molecule has 368 valence electrons. The number of para-hydroxylation sites is 1. The molecule has 71 heavy (non-hydrogen) atoms. The van der Waals surface area contributed by atoms with E-state index < -0.39 is 5.82 Å². The Morgan fingerprint density at radius 1 is 0.451 bits per heavy atom. The first-order valence-corrected chi connectivity index (χ1v) is 21.7. The molecule has 0 saturated heterocycles. The number of benzene rings is 6. The topological polar surface area (TPSA) is 163 Å². The van der Waals surface area contributed by atoms with Crippen molar-refractivity contribution in [3.63, 3.8) is 0 Å². The number of hydrogen-bond donors (Lipinski definition) is 3. The van der Waals surface area contributed by atoms with Gasteiger partial charge in [-0.05, 0) is 96.1 Å². The maximum Gasteiger partial charge on any atom is 0.238 e. The van der Waals surface area contributed by atoms with E-state index in [1.54, 1.807) is 69.9 Å². The Bertz CT molecular complexity index is 2920. The molecule has 0 aliphatic carbocycles. The first kappa shape index (κ1) is 51.3. The Balaban J connectivity index is 1.21. The van der Waals surface area contributed by atoms with E-state index in [0.29, 0.717) is 91.1 Å². The van der Waals surface area contributed by atoms with Crippen LogP contribution >= 0.6 is 0 Å². The van der Waals surface area contributed by atoms with E-state index >= 15 is 0 Å². The lowest BCUT2D eigenvalue weighted by Gasteiger charge is -2.17. The summed E-state index contributed by atoms with van der Waals surface area (Å²) in [5.41, 5.74) is 7.81. The first-order valence-electron chi connectivity index (χ1n) is 21.7. The van der Waals surface area contributed by atoms with Crippen LogP contribution in [0.3, 0.4) is 0 Å². The molecule has 6 aromatic rings. The van der Waals surface area contributed by atoms with E-state index in [0.717, 1.165) is 11.1 Å². The number of anilines is 3. The van der Waals surface area contributed by atoms with Crippen molar-refractivity contribution >= 4 is 52.9 Å². The zero-order valence-corrected chi connectivity index (χ0v) is 40.6. The molecule has 0 unspecified atom stereocenters. The second kappa shape index (κ2) is 24.8. The van der Waals surface area contributed by atoms with Crippen molar-refractivity contribution in [3.05, 3.63) is 161 Å². The monoisotopic (exact) mass is 967 g/mol. The number of methoxy groups -OCH3 is 9. The van der Waals surface area contributed by atoms with Crippen LogP contribution in [-0.2, 0) is 0 Å². The lowest BCUT2D eigenvalue weighted by atomic mass is 10.1. The standard InChI is InChI=1S/C55H54FN3O12/c1-62-44-24-20-37(50(54(44)69-8)57-28-26-42(60)36-18-22-39(56)23-19-36)17-15-35-32-48(66-5)53(49(33-35)67-6)71-59-41-13-11-10-12-40(41)43(61)27-29-58-51-38(21-25-45(63-2)55(51)70-9)16-14-34-30-46(64-3)52(68-7)47(31-34)65-4/h10-33,57-59H,1-9H3/b16-14-,17-15-,28-26-,29-27-. The molecule has 0 heterocycles. The average molecular weight is 968 g/mol. The van der Waals surface area contributed by atoms with E-state index in [1.165, 1.54) is 91.5 Å². The maximum absolute atomic E-state index is 13.8. The van der Waals surface area contributed by atoms with Gasteiger partial charge in [-0.1, -0.05) is 36.4 Å². The zero-order valence-electron chi connectivity index (χ0n) is 40.6. The van der Waals surface area contributed by atoms with Gasteiger partial charge in [0.1, 0.15) is 5.82 Å². The van der Waals surface area contributed by atoms with Crippen LogP contribution in [0.25, 0.3) is 24.3 Å². The number of ether oxygens (including phenoxy) is 9. The van der Waals surface area contributed by atoms with Gasteiger partial charge in [-0.15, -0.1) is 0 Å². The number of carbonyl (C=O) groups excluding carboxylic acids is 2. The van der Waals surface area contributed by atoms with Crippen molar-refractivity contribution in [2.24, 2.45) is 0 Å². The van der Waals surface area contributed by atoms with Crippen LogP contribution in [0.1, 0.15) is 43.0 Å². The SMILES string of the molecule is COc1cc(/C=C\c2ccc(OC)c(OC)c2N/C=C\C(=O)c2ccccc2NOc2c(OC)cc(/C=C\c3ccc(OC)c(OC)c3N/C=C\C(=O)c3ccc(F)cc3)cc2OC)cc(OC)c1OC. The largest absolute Gasteiger partial charge is 0.493 e. The summed E-state index contributed by atoms with van der Waals surface area (Å²) in [4.78, 5) is 32.7. The number of allylic oxidation sites excluding steroid dienone is 2. The fourth-order valence-corrected chi connectivity index (χ4v) is 7.22. The molecule has 0 amide bonds. The minimum absolute atomic E-state index is 0.216. The minimum Gasteiger partial charge on any atom is -0.493 e. The molecule has 0 fully saturated rings. The Morgan fingerprint density at radius 2 is 0.887 bits per heavy atom. The lowest BCUT2D eigenvalue weighted by Crippen LogP contribution is -2.11. The van der Waals surface area contributed by atoms with Crippen LogP contribution in [-0.4, -0.2) is 75.6 Å². The van der Waals surface area contributed by atoms with Crippen LogP contribution in [0.4, 0.5) is 21.5 Å². The molecule has 0 aliphatic rings. The second-order valence-electron chi connectivity index (χ2n) is 14.9. The number of rotatable bonds is 24. The fourth-order valence-electron chi connectivity index (χ4n) is 7.22. The highest BCUT2D eigenvalue weighted by Crippen LogP contribution is 2.43. The van der Waals surface area contributed by atoms with E-state index in [9.17, 15) is 14.0 Å². The summed E-state index contributed by atoms with van der Waals surface area (Å²) in [6.45, 7) is 0. The summed E-state index contributed by atoms with van der Waals surface area (Å²) in [6, 6.07) is 26.5. The summed E-state index contributed by atoms with van der Waals surface area (Å²) >= 11 is 0. The van der Waals surface area contributed by atoms with Gasteiger partial charge in [0, 0.05) is 46.8 Å². The summed E-state index contributed by atoms with van der Waals surface area (Å²) in [6.07, 6.45) is 13.1. The van der Waals surface area contributed by atoms with Crippen molar-refractivity contribution in [3.8, 4) is 57.5 Å². The van der Waals surface area contributed by atoms with Gasteiger partial charge in [0.05, 0.1) is 81.1 Å². The van der Waals surface area contributed by atoms with Gasteiger partial charge in [-0.25, -0.2) is 9.87 Å². The molecular formula is C55H54FN3O12. The number of hydrogen-bond acceptors (Lipinski definition) is 15. The van der Waals surface area contributed by atoms with Crippen molar-refractivity contribution in [1.29, 1.82) is 0 Å². The third-order valence-corrected chi connectivity index (χ3v) is 10.7. The van der Waals surface area contributed by atoms with Gasteiger partial charge in [-0.2, -0.15) is 0 Å². The predicted octanol–water partition coefficient (Wildman–Crippen LogP) is 11.3. The van der Waals surface area contributed by atoms with Crippen LogP contribution in [0, 0.1) is 5.82 Å². The summed E-state index contributed by atoms with van der Waals surface area (Å²) in [7, 11) is 13.7. The first-order chi connectivity index (χ1) is 34.5. The Kier molecular flexibility index (Phi) is 17.9. The van der Waals surface area contributed by atoms with Crippen LogP contribution in [0.2, 0.25) is 0 Å². The van der Waals surface area contributed by atoms with E-state index in [-0.39, 0.29) is 17.3 Å². The van der Waals surface area contributed by atoms with E-state index in [2.05, 4.69) is 16.1 Å². The summed E-state index contributed by atoms with van der Waals surface area (Å²) < 4.78 is 64.0. The fraction of sp³-hybridized carbons (Fsp3) is 0.164. The van der Waals surface area contributed by atoms with Crippen LogP contribution in [0.5, 0.6) is 57.5 Å². The smallest absolute Gasteiger partial charge is 0.238 e. The van der Waals surface area contributed by atoms with Gasteiger partial charge < -0.3 is 58.1 Å². The van der Waals surface area contributed by atoms with E-state index in [4.69, 9.17) is 47.5 Å². The normalized spacial score (nSPS) is 11.1. The molecule has 16 heteroatoms. The molecule has 0 aliphatic heterocycles. The molecule has 6 rings (SSSR count). The Hall–Kier alpha value is -9.05. The molecule has 0 aromatic heterocycles. The van der Waals surface area contributed by atoms with Crippen molar-refractivity contribution in [2.45, 2.75) is 0 Å². The molecule has 0 atom stereocenters. The highest BCUT2D eigenvalue weighted by Gasteiger charge is 2.19. The van der Waals surface area contributed by atoms with Gasteiger partial charge in [0.2, 0.25) is 11.5 Å². The number of nitrogens with one attached hydrogen (secondary N) is 3. The summed E-state index contributed by atoms with van der Waals surface area (Å²) in [5, 5.41) is 6.36. The molecular weight excluding hydrogens is 914 g/mol.